The van der Waals surface area contributed by atoms with Crippen LogP contribution in [0.3, 0.4) is 0 Å². The van der Waals surface area contributed by atoms with Crippen LogP contribution in [0.15, 0.2) is 30.6 Å². The smallest absolute Gasteiger partial charge is 0.237 e. The Morgan fingerprint density at radius 1 is 1.23 bits per heavy atom. The minimum atomic E-state index is -3.69. The molecule has 1 atom stereocenters. The van der Waals surface area contributed by atoms with Crippen molar-refractivity contribution in [2.75, 3.05) is 13.1 Å². The molecule has 1 saturated heterocycles. The van der Waals surface area contributed by atoms with Gasteiger partial charge in [0.1, 0.15) is 5.25 Å². The standard InChI is InChI=1S/C14H14ClN3O3S/c15-22(20,21)11-8-14(19)18(9-11)6-3-10-1-2-12-13(7-10)17-5-4-16-12/h1-2,4-5,7,11H,3,6,8-9H2. The molecule has 8 heteroatoms. The van der Waals surface area contributed by atoms with Crippen molar-refractivity contribution >= 4 is 36.7 Å². The van der Waals surface area contributed by atoms with Crippen LogP contribution in [0.4, 0.5) is 0 Å². The molecule has 6 nitrogen and oxygen atoms in total. The van der Waals surface area contributed by atoms with E-state index in [4.69, 9.17) is 10.7 Å². The number of benzene rings is 1. The van der Waals surface area contributed by atoms with Gasteiger partial charge in [0.25, 0.3) is 0 Å². The summed E-state index contributed by atoms with van der Waals surface area (Å²) in [4.78, 5) is 21.8. The molecule has 0 aliphatic carbocycles. The second kappa shape index (κ2) is 5.81. The first kappa shape index (κ1) is 15.2. The van der Waals surface area contributed by atoms with E-state index in [9.17, 15) is 13.2 Å². The lowest BCUT2D eigenvalue weighted by atomic mass is 10.1. The third-order valence-corrected chi connectivity index (χ3v) is 5.65. The van der Waals surface area contributed by atoms with E-state index in [0.717, 1.165) is 16.6 Å². The Labute approximate surface area is 132 Å². The highest BCUT2D eigenvalue weighted by atomic mass is 35.7. The number of halogens is 1. The average Bonchev–Trinajstić information content (AvgIpc) is 2.86. The molecule has 1 aromatic carbocycles. The van der Waals surface area contributed by atoms with E-state index in [1.807, 2.05) is 18.2 Å². The van der Waals surface area contributed by atoms with Gasteiger partial charge in [0.2, 0.25) is 15.0 Å². The van der Waals surface area contributed by atoms with Crippen molar-refractivity contribution in [3.05, 3.63) is 36.2 Å². The maximum atomic E-state index is 11.8. The first-order chi connectivity index (χ1) is 10.4. The topological polar surface area (TPSA) is 80.2 Å². The summed E-state index contributed by atoms with van der Waals surface area (Å²) < 4.78 is 22.6. The SMILES string of the molecule is O=C1CC(S(=O)(=O)Cl)CN1CCc1ccc2nccnc2c1. The van der Waals surface area contributed by atoms with E-state index in [0.29, 0.717) is 13.0 Å². The summed E-state index contributed by atoms with van der Waals surface area (Å²) in [6, 6.07) is 5.75. The fraction of sp³-hybridized carbons (Fsp3) is 0.357. The zero-order chi connectivity index (χ0) is 15.7. The van der Waals surface area contributed by atoms with Crippen LogP contribution in [-0.2, 0) is 20.3 Å². The molecule has 3 rings (SSSR count). The Morgan fingerprint density at radius 2 is 1.95 bits per heavy atom. The van der Waals surface area contributed by atoms with Crippen LogP contribution < -0.4 is 0 Å². The molecule has 0 radical (unpaired) electrons. The highest BCUT2D eigenvalue weighted by Gasteiger charge is 2.36. The van der Waals surface area contributed by atoms with Gasteiger partial charge in [-0.3, -0.25) is 14.8 Å². The third kappa shape index (κ3) is 3.20. The highest BCUT2D eigenvalue weighted by molar-refractivity contribution is 8.14. The summed E-state index contributed by atoms with van der Waals surface area (Å²) in [6.07, 6.45) is 3.87. The highest BCUT2D eigenvalue weighted by Crippen LogP contribution is 2.21. The summed E-state index contributed by atoms with van der Waals surface area (Å²) in [6.45, 7) is 0.631. The van der Waals surface area contributed by atoms with E-state index < -0.39 is 14.3 Å². The summed E-state index contributed by atoms with van der Waals surface area (Å²) in [5, 5.41) is -0.802. The number of nitrogens with zero attached hydrogens (tertiary/aromatic N) is 3. The van der Waals surface area contributed by atoms with E-state index in [1.54, 1.807) is 17.3 Å². The number of likely N-dealkylation sites (tertiary alicyclic amines) is 1. The first-order valence-corrected chi connectivity index (χ1v) is 9.21. The van der Waals surface area contributed by atoms with Crippen LogP contribution in [0.25, 0.3) is 11.0 Å². The molecule has 1 aliphatic rings. The van der Waals surface area contributed by atoms with Gasteiger partial charge in [-0.25, -0.2) is 8.42 Å². The maximum absolute atomic E-state index is 11.8. The number of carbonyl (C=O) groups excluding carboxylic acids is 1. The number of hydrogen-bond acceptors (Lipinski definition) is 5. The molecule has 0 saturated carbocycles. The summed E-state index contributed by atoms with van der Waals surface area (Å²) in [5.41, 5.74) is 2.64. The monoisotopic (exact) mass is 339 g/mol. The number of amides is 1. The quantitative estimate of drug-likeness (QED) is 0.785. The van der Waals surface area contributed by atoms with E-state index in [2.05, 4.69) is 9.97 Å². The zero-order valence-electron chi connectivity index (χ0n) is 11.6. The lowest BCUT2D eigenvalue weighted by Gasteiger charge is -2.16. The normalized spacial score (nSPS) is 19.0. The van der Waals surface area contributed by atoms with Gasteiger partial charge in [0.05, 0.1) is 11.0 Å². The van der Waals surface area contributed by atoms with Crippen LogP contribution in [0, 0.1) is 0 Å². The molecule has 1 fully saturated rings. The molecule has 1 amide bonds. The molecular weight excluding hydrogens is 326 g/mol. The minimum Gasteiger partial charge on any atom is -0.341 e. The molecule has 22 heavy (non-hydrogen) atoms. The van der Waals surface area contributed by atoms with E-state index in [1.165, 1.54) is 0 Å². The zero-order valence-corrected chi connectivity index (χ0v) is 13.2. The van der Waals surface area contributed by atoms with Gasteiger partial charge in [-0.1, -0.05) is 6.07 Å². The Kier molecular flexibility index (Phi) is 4.01. The largest absolute Gasteiger partial charge is 0.341 e. The number of fused-ring (bicyclic) bond motifs is 1. The van der Waals surface area contributed by atoms with Gasteiger partial charge >= 0.3 is 0 Å². The molecule has 1 unspecified atom stereocenters. The molecule has 1 aromatic heterocycles. The van der Waals surface area contributed by atoms with Crippen molar-refractivity contribution in [3.8, 4) is 0 Å². The Morgan fingerprint density at radius 3 is 2.64 bits per heavy atom. The van der Waals surface area contributed by atoms with Crippen LogP contribution in [0.1, 0.15) is 12.0 Å². The Bertz CT molecular complexity index is 825. The van der Waals surface area contributed by atoms with Crippen molar-refractivity contribution < 1.29 is 13.2 Å². The Balaban J connectivity index is 1.68. The lowest BCUT2D eigenvalue weighted by molar-refractivity contribution is -0.127. The first-order valence-electron chi connectivity index (χ1n) is 6.84. The predicted molar refractivity (Wildman–Crippen MR) is 83.0 cm³/mol. The van der Waals surface area contributed by atoms with E-state index in [-0.39, 0.29) is 18.9 Å². The molecule has 2 heterocycles. The van der Waals surface area contributed by atoms with Gasteiger partial charge in [-0.05, 0) is 24.1 Å². The summed E-state index contributed by atoms with van der Waals surface area (Å²) in [7, 11) is 1.64. The maximum Gasteiger partial charge on any atom is 0.237 e. The van der Waals surface area contributed by atoms with Gasteiger partial charge < -0.3 is 4.90 Å². The third-order valence-electron chi connectivity index (χ3n) is 3.78. The van der Waals surface area contributed by atoms with Gasteiger partial charge in [0, 0.05) is 42.6 Å². The average molecular weight is 340 g/mol. The molecular formula is C14H14ClN3O3S. The molecule has 1 aliphatic heterocycles. The lowest BCUT2D eigenvalue weighted by Crippen LogP contribution is -2.29. The van der Waals surface area contributed by atoms with Crippen LogP contribution in [0.2, 0.25) is 0 Å². The van der Waals surface area contributed by atoms with Crippen LogP contribution >= 0.6 is 10.7 Å². The second-order valence-corrected chi connectivity index (χ2v) is 8.18. The van der Waals surface area contributed by atoms with Crippen molar-refractivity contribution in [3.63, 3.8) is 0 Å². The number of hydrogen-bond donors (Lipinski definition) is 0. The number of carbonyl (C=O) groups is 1. The van der Waals surface area contributed by atoms with Crippen LogP contribution in [-0.4, -0.2) is 47.5 Å². The van der Waals surface area contributed by atoms with Crippen molar-refractivity contribution in [1.29, 1.82) is 0 Å². The number of aromatic nitrogens is 2. The molecule has 116 valence electrons. The van der Waals surface area contributed by atoms with Crippen molar-refractivity contribution in [1.82, 2.24) is 14.9 Å². The van der Waals surface area contributed by atoms with Crippen molar-refractivity contribution in [2.45, 2.75) is 18.1 Å². The van der Waals surface area contributed by atoms with Crippen LogP contribution in [0.5, 0.6) is 0 Å². The minimum absolute atomic E-state index is 0.0327. The summed E-state index contributed by atoms with van der Waals surface area (Å²) in [5.74, 6) is -0.171. The molecule has 0 bridgehead atoms. The molecule has 0 spiro atoms. The Hall–Kier alpha value is -1.73. The summed E-state index contributed by atoms with van der Waals surface area (Å²) >= 11 is 0. The van der Waals surface area contributed by atoms with Gasteiger partial charge in [0.15, 0.2) is 0 Å². The second-order valence-electron chi connectivity index (χ2n) is 5.27. The molecule has 0 N–H and O–H groups in total. The molecule has 2 aromatic rings. The fourth-order valence-electron chi connectivity index (χ4n) is 2.57. The number of rotatable bonds is 4. The fourth-order valence-corrected chi connectivity index (χ4v) is 3.63. The van der Waals surface area contributed by atoms with Gasteiger partial charge in [-0.15, -0.1) is 0 Å². The van der Waals surface area contributed by atoms with Crippen molar-refractivity contribution in [2.24, 2.45) is 0 Å². The van der Waals surface area contributed by atoms with Gasteiger partial charge in [-0.2, -0.15) is 0 Å². The predicted octanol–water partition coefficient (Wildman–Crippen LogP) is 1.34. The van der Waals surface area contributed by atoms with E-state index >= 15 is 0 Å².